The first-order valence-electron chi connectivity index (χ1n) is 11.4. The largest absolute Gasteiger partial charge is 0.361 e. The smallest absolute Gasteiger partial charge is 0.258 e. The molecule has 3 aromatic rings. The van der Waals surface area contributed by atoms with Gasteiger partial charge < -0.3 is 14.7 Å². The van der Waals surface area contributed by atoms with Crippen LogP contribution in [0.5, 0.6) is 0 Å². The van der Waals surface area contributed by atoms with Gasteiger partial charge in [0.2, 0.25) is 0 Å². The van der Waals surface area contributed by atoms with E-state index < -0.39 is 0 Å². The summed E-state index contributed by atoms with van der Waals surface area (Å²) >= 11 is 0. The quantitative estimate of drug-likeness (QED) is 0.664. The molecule has 0 radical (unpaired) electrons. The lowest BCUT2D eigenvalue weighted by atomic mass is 10.1. The van der Waals surface area contributed by atoms with Crippen LogP contribution in [-0.2, 0) is 6.54 Å². The van der Waals surface area contributed by atoms with Crippen LogP contribution in [0, 0.1) is 13.8 Å². The Bertz CT molecular complexity index is 1150. The molecule has 1 aromatic heterocycles. The molecule has 33 heavy (non-hydrogen) atoms. The Balaban J connectivity index is 1.36. The molecule has 2 atom stereocenters. The second kappa shape index (κ2) is 8.83. The molecule has 170 valence electrons. The number of rotatable bonds is 4. The third-order valence-electron chi connectivity index (χ3n) is 6.82. The molecule has 1 fully saturated rings. The summed E-state index contributed by atoms with van der Waals surface area (Å²) in [6.45, 7) is 5.48. The Hall–Kier alpha value is -3.45. The van der Waals surface area contributed by atoms with Crippen LogP contribution in [0.4, 0.5) is 5.69 Å². The second-order valence-corrected chi connectivity index (χ2v) is 8.88. The second-order valence-electron chi connectivity index (χ2n) is 8.88. The zero-order valence-corrected chi connectivity index (χ0v) is 19.0. The van der Waals surface area contributed by atoms with Crippen molar-refractivity contribution in [3.05, 3.63) is 82.7 Å². The fourth-order valence-electron chi connectivity index (χ4n) is 5.14. The molecule has 7 nitrogen and oxygen atoms in total. The molecule has 0 bridgehead atoms. The third-order valence-corrected chi connectivity index (χ3v) is 6.82. The van der Waals surface area contributed by atoms with E-state index in [4.69, 9.17) is 4.52 Å². The topological polar surface area (TPSA) is 78.7 Å². The summed E-state index contributed by atoms with van der Waals surface area (Å²) in [6, 6.07) is 18.1. The van der Waals surface area contributed by atoms with Gasteiger partial charge in [0.15, 0.2) is 0 Å². The van der Waals surface area contributed by atoms with Crippen molar-refractivity contribution in [2.75, 3.05) is 18.0 Å². The standard InChI is InChI=1S/C26H28N4O3/c1-17-24(18(2)33-28-17)25(31)27-14-21-12-13-22-16-30(26(32)19-8-4-3-5-9-19)23-11-7-6-10-20(23)15-29(21)22/h3-11,21-22H,12-16H2,1-2H3,(H,27,31)/t21-,22-/m1/s1. The average Bonchev–Trinajstić information content (AvgIpc) is 3.32. The van der Waals surface area contributed by atoms with E-state index in [1.165, 1.54) is 0 Å². The lowest BCUT2D eigenvalue weighted by Crippen LogP contribution is -2.46. The number of anilines is 1. The van der Waals surface area contributed by atoms with Gasteiger partial charge in [-0.2, -0.15) is 0 Å². The first-order chi connectivity index (χ1) is 16.0. The lowest BCUT2D eigenvalue weighted by molar-refractivity contribution is 0.0932. The fourth-order valence-corrected chi connectivity index (χ4v) is 5.14. The van der Waals surface area contributed by atoms with Crippen molar-refractivity contribution in [1.29, 1.82) is 0 Å². The Kier molecular flexibility index (Phi) is 5.72. The Labute approximate surface area is 193 Å². The molecule has 5 rings (SSSR count). The normalized spacial score (nSPS) is 20.1. The van der Waals surface area contributed by atoms with E-state index in [-0.39, 0.29) is 23.9 Å². The summed E-state index contributed by atoms with van der Waals surface area (Å²) in [5.74, 6) is 0.416. The Morgan fingerprint density at radius 3 is 2.58 bits per heavy atom. The molecule has 3 heterocycles. The van der Waals surface area contributed by atoms with Gasteiger partial charge in [-0.3, -0.25) is 14.5 Å². The molecule has 0 unspecified atom stereocenters. The van der Waals surface area contributed by atoms with Gasteiger partial charge in [-0.05, 0) is 50.5 Å². The van der Waals surface area contributed by atoms with E-state index in [9.17, 15) is 9.59 Å². The van der Waals surface area contributed by atoms with E-state index in [0.717, 1.165) is 30.6 Å². The number of carbonyl (C=O) groups is 2. The van der Waals surface area contributed by atoms with Crippen LogP contribution in [0.3, 0.4) is 0 Å². The third kappa shape index (κ3) is 4.04. The van der Waals surface area contributed by atoms with E-state index in [1.807, 2.05) is 53.4 Å². The van der Waals surface area contributed by atoms with Crippen LogP contribution in [0.2, 0.25) is 0 Å². The highest BCUT2D eigenvalue weighted by atomic mass is 16.5. The van der Waals surface area contributed by atoms with Gasteiger partial charge in [-0.1, -0.05) is 41.6 Å². The van der Waals surface area contributed by atoms with E-state index in [2.05, 4.69) is 21.4 Å². The van der Waals surface area contributed by atoms with E-state index in [1.54, 1.807) is 13.8 Å². The monoisotopic (exact) mass is 444 g/mol. The number of carbonyl (C=O) groups excluding carboxylic acids is 2. The highest BCUT2D eigenvalue weighted by Crippen LogP contribution is 2.35. The van der Waals surface area contributed by atoms with Gasteiger partial charge in [0.05, 0.1) is 5.69 Å². The minimum Gasteiger partial charge on any atom is -0.361 e. The molecule has 1 N–H and O–H groups in total. The van der Waals surface area contributed by atoms with Gasteiger partial charge in [-0.25, -0.2) is 0 Å². The van der Waals surface area contributed by atoms with Gasteiger partial charge in [0, 0.05) is 43.0 Å². The predicted octanol–water partition coefficient (Wildman–Crippen LogP) is 3.71. The molecule has 1 saturated heterocycles. The minimum atomic E-state index is -0.147. The molecule has 7 heteroatoms. The molecule has 0 saturated carbocycles. The summed E-state index contributed by atoms with van der Waals surface area (Å²) < 4.78 is 5.14. The SMILES string of the molecule is Cc1noc(C)c1C(=O)NC[C@H]1CC[C@@H]2CN(C(=O)c3ccccc3)c3ccccc3CN12. The molecule has 2 aliphatic heterocycles. The molecule has 0 spiro atoms. The van der Waals surface area contributed by atoms with Crippen molar-refractivity contribution in [1.82, 2.24) is 15.4 Å². The van der Waals surface area contributed by atoms with Crippen molar-refractivity contribution in [3.8, 4) is 0 Å². The number of para-hydroxylation sites is 1. The maximum Gasteiger partial charge on any atom is 0.258 e. The van der Waals surface area contributed by atoms with Crippen LogP contribution in [0.15, 0.2) is 59.1 Å². The first kappa shape index (κ1) is 21.4. The number of hydrogen-bond acceptors (Lipinski definition) is 5. The first-order valence-corrected chi connectivity index (χ1v) is 11.4. The Morgan fingerprint density at radius 1 is 1.06 bits per heavy atom. The molecule has 2 aromatic carbocycles. The Morgan fingerprint density at radius 2 is 1.82 bits per heavy atom. The molecule has 2 aliphatic rings. The summed E-state index contributed by atoms with van der Waals surface area (Å²) in [4.78, 5) is 30.6. The predicted molar refractivity (Wildman–Crippen MR) is 125 cm³/mol. The van der Waals surface area contributed by atoms with Crippen LogP contribution < -0.4 is 10.2 Å². The number of aryl methyl sites for hydroxylation is 2. The maximum atomic E-state index is 13.4. The number of benzene rings is 2. The molecule has 0 aliphatic carbocycles. The number of nitrogens with zero attached hydrogens (tertiary/aromatic N) is 3. The highest BCUT2D eigenvalue weighted by molar-refractivity contribution is 6.06. The van der Waals surface area contributed by atoms with Crippen LogP contribution in [0.1, 0.15) is 50.6 Å². The number of amides is 2. The fraction of sp³-hybridized carbons (Fsp3) is 0.346. The zero-order chi connectivity index (χ0) is 22.9. The summed E-state index contributed by atoms with van der Waals surface area (Å²) in [5, 5.41) is 6.97. The van der Waals surface area contributed by atoms with Crippen molar-refractivity contribution >= 4 is 17.5 Å². The van der Waals surface area contributed by atoms with Crippen LogP contribution >= 0.6 is 0 Å². The van der Waals surface area contributed by atoms with Crippen LogP contribution in [-0.4, -0.2) is 47.0 Å². The average molecular weight is 445 g/mol. The van der Waals surface area contributed by atoms with Crippen molar-refractivity contribution in [2.45, 2.75) is 45.3 Å². The lowest BCUT2D eigenvalue weighted by Gasteiger charge is -2.29. The highest BCUT2D eigenvalue weighted by Gasteiger charge is 2.39. The summed E-state index contributed by atoms with van der Waals surface area (Å²) in [5.41, 5.74) is 3.92. The van der Waals surface area contributed by atoms with E-state index in [0.29, 0.717) is 35.7 Å². The van der Waals surface area contributed by atoms with Crippen molar-refractivity contribution in [2.24, 2.45) is 0 Å². The van der Waals surface area contributed by atoms with Gasteiger partial charge in [0.1, 0.15) is 11.3 Å². The number of nitrogens with one attached hydrogen (secondary N) is 1. The molecule has 2 amide bonds. The molecular formula is C26H28N4O3. The van der Waals surface area contributed by atoms with Gasteiger partial charge in [0.25, 0.3) is 11.8 Å². The maximum absolute atomic E-state index is 13.4. The van der Waals surface area contributed by atoms with Crippen molar-refractivity contribution < 1.29 is 14.1 Å². The molecular weight excluding hydrogens is 416 g/mol. The summed E-state index contributed by atoms with van der Waals surface area (Å²) in [6.07, 6.45) is 1.96. The zero-order valence-electron chi connectivity index (χ0n) is 19.0. The summed E-state index contributed by atoms with van der Waals surface area (Å²) in [7, 11) is 0. The number of fused-ring (bicyclic) bond motifs is 2. The minimum absolute atomic E-state index is 0.0278. The van der Waals surface area contributed by atoms with Crippen LogP contribution in [0.25, 0.3) is 0 Å². The van der Waals surface area contributed by atoms with Crippen molar-refractivity contribution in [3.63, 3.8) is 0 Å². The van der Waals surface area contributed by atoms with E-state index >= 15 is 0 Å². The number of hydrogen-bond donors (Lipinski definition) is 1. The van der Waals surface area contributed by atoms with Gasteiger partial charge in [-0.15, -0.1) is 0 Å². The van der Waals surface area contributed by atoms with Gasteiger partial charge >= 0.3 is 0 Å². The number of aromatic nitrogens is 1.